The third-order valence-corrected chi connectivity index (χ3v) is 8.97. The van der Waals surface area contributed by atoms with Crippen LogP contribution in [0, 0.1) is 5.92 Å². The number of nitrogens with zero attached hydrogens (tertiary/aromatic N) is 1. The molecule has 3 aromatic rings. The van der Waals surface area contributed by atoms with Crippen LogP contribution in [0.25, 0.3) is 22.3 Å². The molecule has 5 rings (SSSR count). The predicted octanol–water partition coefficient (Wildman–Crippen LogP) is 7.31. The van der Waals surface area contributed by atoms with E-state index < -0.39 is 22.8 Å². The molecule has 2 aliphatic rings. The highest BCUT2D eigenvalue weighted by atomic mass is 16.6. The summed E-state index contributed by atoms with van der Waals surface area (Å²) in [5.74, 6) is 0.605. The van der Waals surface area contributed by atoms with E-state index in [-0.39, 0.29) is 24.0 Å². The van der Waals surface area contributed by atoms with Gasteiger partial charge in [0.05, 0.1) is 11.1 Å². The number of carbonyl (C=O) groups is 3. The average Bonchev–Trinajstić information content (AvgIpc) is 3.00. The molecule has 2 aromatic carbocycles. The van der Waals surface area contributed by atoms with E-state index in [1.54, 1.807) is 13.1 Å². The van der Waals surface area contributed by atoms with E-state index in [0.717, 1.165) is 53.5 Å². The topological polar surface area (TPSA) is 139 Å². The van der Waals surface area contributed by atoms with Crippen LogP contribution in [-0.2, 0) is 19.8 Å². The largest absolute Gasteiger partial charge is 0.446 e. The number of ether oxygens (including phenoxy) is 2. The van der Waals surface area contributed by atoms with Crippen molar-refractivity contribution < 1.29 is 29.0 Å². The van der Waals surface area contributed by atoms with E-state index in [2.05, 4.69) is 20.9 Å². The Labute approximate surface area is 283 Å². The van der Waals surface area contributed by atoms with Crippen molar-refractivity contribution in [3.63, 3.8) is 0 Å². The van der Waals surface area contributed by atoms with E-state index in [9.17, 15) is 19.5 Å². The van der Waals surface area contributed by atoms with Gasteiger partial charge in [0.2, 0.25) is 5.91 Å². The molecular weight excluding hydrogens is 608 g/mol. The molecule has 0 radical (unpaired) electrons. The second kappa shape index (κ2) is 14.4. The lowest BCUT2D eigenvalue weighted by atomic mass is 9.62. The number of alkyl carbamates (subject to hydrolysis) is 2. The lowest BCUT2D eigenvalue weighted by Gasteiger charge is -2.52. The Kier molecular flexibility index (Phi) is 10.4. The third-order valence-electron chi connectivity index (χ3n) is 8.97. The Morgan fingerprint density at radius 2 is 1.56 bits per heavy atom. The van der Waals surface area contributed by atoms with E-state index in [1.807, 2.05) is 88.4 Å². The Hall–Kier alpha value is -4.44. The van der Waals surface area contributed by atoms with Gasteiger partial charge in [-0.25, -0.2) is 14.6 Å². The number of nitrogens with one attached hydrogen (secondary N) is 3. The van der Waals surface area contributed by atoms with E-state index in [4.69, 9.17) is 9.47 Å². The van der Waals surface area contributed by atoms with E-state index >= 15 is 0 Å². The first kappa shape index (κ1) is 34.9. The molecule has 0 atom stereocenters. The highest BCUT2D eigenvalue weighted by Gasteiger charge is 2.53. The van der Waals surface area contributed by atoms with Crippen molar-refractivity contribution in [1.29, 1.82) is 0 Å². The first-order valence-electron chi connectivity index (χ1n) is 16.9. The summed E-state index contributed by atoms with van der Waals surface area (Å²) in [5.41, 5.74) is 2.33. The second-order valence-electron chi connectivity index (χ2n) is 14.4. The Morgan fingerprint density at radius 1 is 0.917 bits per heavy atom. The fraction of sp³-hybridized carbons (Fsp3) is 0.474. The summed E-state index contributed by atoms with van der Waals surface area (Å²) in [6, 6.07) is 19.8. The zero-order valence-electron chi connectivity index (χ0n) is 28.6. The minimum atomic E-state index is -0.890. The van der Waals surface area contributed by atoms with Crippen molar-refractivity contribution in [3.05, 3.63) is 72.4 Å². The first-order valence-corrected chi connectivity index (χ1v) is 16.9. The molecule has 10 nitrogen and oxygen atoms in total. The SMILES string of the molecule is CCNC(=O)O[C@H]1CC[C@H](CC(=O)Nc2cc(-c3ccccc3)c(-c3ccc(C4(NC(=O)OC(C)(C)C)CC(C)(O)C4)cc3)cn2)CC1. The third kappa shape index (κ3) is 8.92. The van der Waals surface area contributed by atoms with E-state index in [1.165, 1.54) is 0 Å². The number of aliphatic hydroxyl groups is 1. The smallest absolute Gasteiger partial charge is 0.408 e. The maximum atomic E-state index is 13.1. The molecule has 2 saturated carbocycles. The minimum Gasteiger partial charge on any atom is -0.446 e. The van der Waals surface area contributed by atoms with Crippen molar-refractivity contribution in [2.45, 2.75) is 102 Å². The minimum absolute atomic E-state index is 0.0918. The van der Waals surface area contributed by atoms with Crippen molar-refractivity contribution in [2.75, 3.05) is 11.9 Å². The summed E-state index contributed by atoms with van der Waals surface area (Å²) in [5, 5.41) is 19.3. The van der Waals surface area contributed by atoms with Crippen LogP contribution < -0.4 is 16.0 Å². The number of pyridine rings is 1. The van der Waals surface area contributed by atoms with Crippen LogP contribution in [0.4, 0.5) is 15.4 Å². The average molecular weight is 657 g/mol. The van der Waals surface area contributed by atoms with Gasteiger partial charge in [-0.05, 0) is 94.5 Å². The molecule has 0 saturated heterocycles. The van der Waals surface area contributed by atoms with Crippen molar-refractivity contribution in [1.82, 2.24) is 15.6 Å². The first-order chi connectivity index (χ1) is 22.7. The molecule has 0 spiro atoms. The number of amides is 3. The van der Waals surface area contributed by atoms with Crippen molar-refractivity contribution in [2.24, 2.45) is 5.92 Å². The van der Waals surface area contributed by atoms with Crippen LogP contribution in [0.3, 0.4) is 0 Å². The van der Waals surface area contributed by atoms with Crippen LogP contribution in [0.15, 0.2) is 66.9 Å². The summed E-state index contributed by atoms with van der Waals surface area (Å²) in [4.78, 5) is 42.2. The van der Waals surface area contributed by atoms with Crippen LogP contribution in [0.5, 0.6) is 0 Å². The summed E-state index contributed by atoms with van der Waals surface area (Å²) in [7, 11) is 0. The number of benzene rings is 2. The number of rotatable bonds is 9. The molecule has 0 bridgehead atoms. The zero-order valence-corrected chi connectivity index (χ0v) is 28.6. The number of aromatic nitrogens is 1. The van der Waals surface area contributed by atoms with Gasteiger partial charge >= 0.3 is 12.2 Å². The molecule has 0 aliphatic heterocycles. The highest BCUT2D eigenvalue weighted by Crippen LogP contribution is 2.49. The Morgan fingerprint density at radius 3 is 2.17 bits per heavy atom. The number of hydrogen-bond donors (Lipinski definition) is 4. The lowest BCUT2D eigenvalue weighted by molar-refractivity contribution is -0.117. The number of anilines is 1. The normalized spacial score (nSPS) is 23.7. The highest BCUT2D eigenvalue weighted by molar-refractivity contribution is 5.92. The monoisotopic (exact) mass is 656 g/mol. The van der Waals surface area contributed by atoms with Gasteiger partial charge in [-0.2, -0.15) is 0 Å². The van der Waals surface area contributed by atoms with Gasteiger partial charge in [0.25, 0.3) is 0 Å². The Balaban J connectivity index is 1.30. The van der Waals surface area contributed by atoms with Crippen LogP contribution >= 0.6 is 0 Å². The van der Waals surface area contributed by atoms with Gasteiger partial charge in [0, 0.05) is 37.6 Å². The fourth-order valence-electron chi connectivity index (χ4n) is 6.94. The molecule has 256 valence electrons. The van der Waals surface area contributed by atoms with Gasteiger partial charge in [0.15, 0.2) is 0 Å². The number of carbonyl (C=O) groups excluding carboxylic acids is 3. The van der Waals surface area contributed by atoms with Crippen molar-refractivity contribution >= 4 is 23.9 Å². The van der Waals surface area contributed by atoms with Crippen LogP contribution in [0.1, 0.15) is 85.1 Å². The van der Waals surface area contributed by atoms with Gasteiger partial charge in [-0.1, -0.05) is 54.6 Å². The molecule has 0 unspecified atom stereocenters. The number of hydrogen-bond acceptors (Lipinski definition) is 7. The Bertz CT molecular complexity index is 1580. The predicted molar refractivity (Wildman–Crippen MR) is 185 cm³/mol. The maximum Gasteiger partial charge on any atom is 0.408 e. The molecule has 2 aliphatic carbocycles. The summed E-state index contributed by atoms with van der Waals surface area (Å²) < 4.78 is 11.0. The van der Waals surface area contributed by atoms with Crippen molar-refractivity contribution in [3.8, 4) is 22.3 Å². The molecule has 1 heterocycles. The lowest BCUT2D eigenvalue weighted by Crippen LogP contribution is -2.62. The van der Waals surface area contributed by atoms with Gasteiger partial charge in [0.1, 0.15) is 17.5 Å². The maximum absolute atomic E-state index is 13.1. The summed E-state index contributed by atoms with van der Waals surface area (Å²) in [6.07, 6.45) is 5.02. The van der Waals surface area contributed by atoms with Crippen LogP contribution in [-0.4, -0.2) is 52.0 Å². The fourth-order valence-corrected chi connectivity index (χ4v) is 6.94. The quantitative estimate of drug-likeness (QED) is 0.189. The second-order valence-corrected chi connectivity index (χ2v) is 14.4. The molecule has 10 heteroatoms. The molecule has 4 N–H and O–H groups in total. The standard InChI is InChI=1S/C38H48N4O6/c1-6-39-34(44)47-29-18-12-25(13-19-29)20-33(43)41-32-21-30(26-10-8-7-9-11-26)31(22-40-32)27-14-16-28(17-15-27)38(23-37(5,46)24-38)42-35(45)48-36(2,3)4/h7-11,14-17,21-22,25,29,46H,6,12-13,18-20,23-24H2,1-5H3,(H,39,44)(H,42,45)(H,40,41,43)/t25-,29-,37?,38?. The molecule has 48 heavy (non-hydrogen) atoms. The van der Waals surface area contributed by atoms with Gasteiger partial charge in [-0.15, -0.1) is 0 Å². The molecular formula is C38H48N4O6. The van der Waals surface area contributed by atoms with Gasteiger partial charge in [-0.3, -0.25) is 4.79 Å². The van der Waals surface area contributed by atoms with Crippen LogP contribution in [0.2, 0.25) is 0 Å². The molecule has 3 amide bonds. The molecule has 1 aromatic heterocycles. The summed E-state index contributed by atoms with van der Waals surface area (Å²) in [6.45, 7) is 9.61. The molecule has 2 fully saturated rings. The van der Waals surface area contributed by atoms with E-state index in [0.29, 0.717) is 31.6 Å². The van der Waals surface area contributed by atoms with Gasteiger partial charge < -0.3 is 30.5 Å². The summed E-state index contributed by atoms with van der Waals surface area (Å²) >= 11 is 0. The zero-order chi connectivity index (χ0) is 34.5.